The lowest BCUT2D eigenvalue weighted by Crippen LogP contribution is -2.16. The molecule has 9 rings (SSSR count). The number of benzene rings is 5. The van der Waals surface area contributed by atoms with Crippen LogP contribution in [0.1, 0.15) is 0 Å². The van der Waals surface area contributed by atoms with E-state index in [1.165, 1.54) is 43.7 Å². The lowest BCUT2D eigenvalue weighted by Gasteiger charge is -2.33. The van der Waals surface area contributed by atoms with Crippen molar-refractivity contribution in [2.75, 3.05) is 4.90 Å². The molecule has 4 heterocycles. The van der Waals surface area contributed by atoms with Crippen molar-refractivity contribution in [3.63, 3.8) is 0 Å². The van der Waals surface area contributed by atoms with E-state index in [4.69, 9.17) is 4.98 Å². The molecule has 1 aliphatic rings. The first kappa shape index (κ1) is 23.0. The van der Waals surface area contributed by atoms with Crippen LogP contribution in [0.15, 0.2) is 146 Å². The van der Waals surface area contributed by atoms with Crippen LogP contribution in [-0.4, -0.2) is 14.5 Å². The van der Waals surface area contributed by atoms with E-state index in [1.54, 1.807) is 0 Å². The van der Waals surface area contributed by atoms with Crippen LogP contribution in [0, 0.1) is 0 Å². The molecule has 0 atom stereocenters. The van der Waals surface area contributed by atoms with Crippen molar-refractivity contribution < 1.29 is 0 Å². The van der Waals surface area contributed by atoms with E-state index in [2.05, 4.69) is 124 Å². The fourth-order valence-electron chi connectivity index (χ4n) is 6.60. The second kappa shape index (κ2) is 8.88. The first-order valence-electron chi connectivity index (χ1n) is 14.2. The summed E-state index contributed by atoms with van der Waals surface area (Å²) in [5.74, 6) is 0.864. The van der Waals surface area contributed by atoms with Crippen molar-refractivity contribution in [3.05, 3.63) is 146 Å². The summed E-state index contributed by atoms with van der Waals surface area (Å²) < 4.78 is 2.38. The van der Waals surface area contributed by atoms with Gasteiger partial charge in [-0.2, -0.15) is 0 Å². The normalized spacial score (nSPS) is 12.2. The minimum atomic E-state index is 0.864. The maximum Gasteiger partial charge on any atom is 0.138 e. The van der Waals surface area contributed by atoms with Crippen LogP contribution in [-0.2, 0) is 0 Å². The lowest BCUT2D eigenvalue weighted by atomic mass is 9.90. The van der Waals surface area contributed by atoms with Crippen LogP contribution in [0.4, 0.5) is 17.2 Å². The van der Waals surface area contributed by atoms with E-state index in [0.717, 1.165) is 34.1 Å². The van der Waals surface area contributed by atoms with E-state index in [9.17, 15) is 0 Å². The van der Waals surface area contributed by atoms with Gasteiger partial charge in [-0.25, -0.2) is 4.98 Å². The molecule has 196 valence electrons. The van der Waals surface area contributed by atoms with Gasteiger partial charge in [-0.1, -0.05) is 72.8 Å². The maximum atomic E-state index is 4.94. The predicted molar refractivity (Wildman–Crippen MR) is 173 cm³/mol. The standard InChI is InChI=1S/C38H24N4/c1-2-12-27(13-3-1)41-33-17-5-4-14-28(33)30-23-31-29-15-8-10-25-11-9-18-34(38(25)29)42(36(31)24-35(30)41)37-22-26(19-21-40-37)32-16-6-7-20-39-32/h1-24H. The van der Waals surface area contributed by atoms with E-state index in [0.29, 0.717) is 0 Å². The van der Waals surface area contributed by atoms with Crippen molar-refractivity contribution in [1.29, 1.82) is 0 Å². The van der Waals surface area contributed by atoms with Gasteiger partial charge >= 0.3 is 0 Å². The Kier molecular flexibility index (Phi) is 4.87. The molecule has 0 bridgehead atoms. The monoisotopic (exact) mass is 536 g/mol. The van der Waals surface area contributed by atoms with Gasteiger partial charge < -0.3 is 4.57 Å². The molecule has 0 aliphatic carbocycles. The Morgan fingerprint density at radius 2 is 1.33 bits per heavy atom. The topological polar surface area (TPSA) is 34.0 Å². The number of hydrogen-bond acceptors (Lipinski definition) is 3. The number of nitrogens with zero attached hydrogens (tertiary/aromatic N) is 4. The summed E-state index contributed by atoms with van der Waals surface area (Å²) >= 11 is 0. The summed E-state index contributed by atoms with van der Waals surface area (Å²) in [7, 11) is 0. The number of hydrogen-bond donors (Lipinski definition) is 0. The van der Waals surface area contributed by atoms with E-state index in [1.807, 2.05) is 36.7 Å². The van der Waals surface area contributed by atoms with Crippen molar-refractivity contribution in [1.82, 2.24) is 14.5 Å². The Bertz CT molecular complexity index is 2300. The molecule has 0 saturated heterocycles. The van der Waals surface area contributed by atoms with Gasteiger partial charge in [0.2, 0.25) is 0 Å². The third-order valence-corrected chi connectivity index (χ3v) is 8.39. The zero-order valence-corrected chi connectivity index (χ0v) is 22.6. The molecule has 0 radical (unpaired) electrons. The predicted octanol–water partition coefficient (Wildman–Crippen LogP) is 9.84. The quantitative estimate of drug-likeness (QED) is 0.225. The summed E-state index contributed by atoms with van der Waals surface area (Å²) in [6.07, 6.45) is 3.72. The molecular weight excluding hydrogens is 512 g/mol. The highest BCUT2D eigenvalue weighted by molar-refractivity contribution is 6.18. The fraction of sp³-hybridized carbons (Fsp3) is 0. The van der Waals surface area contributed by atoms with E-state index >= 15 is 0 Å². The van der Waals surface area contributed by atoms with Gasteiger partial charge in [0.15, 0.2) is 0 Å². The second-order valence-electron chi connectivity index (χ2n) is 10.7. The molecule has 4 heteroatoms. The molecular formula is C38H24N4. The van der Waals surface area contributed by atoms with E-state index < -0.39 is 0 Å². The summed E-state index contributed by atoms with van der Waals surface area (Å²) in [6, 6.07) is 47.4. The van der Waals surface area contributed by atoms with Crippen LogP contribution in [0.3, 0.4) is 0 Å². The molecule has 0 spiro atoms. The Hall–Kier alpha value is -5.74. The smallest absolute Gasteiger partial charge is 0.138 e. The molecule has 4 nitrogen and oxygen atoms in total. The van der Waals surface area contributed by atoms with Crippen LogP contribution >= 0.6 is 0 Å². The first-order chi connectivity index (χ1) is 20.8. The Morgan fingerprint density at radius 1 is 0.500 bits per heavy atom. The van der Waals surface area contributed by atoms with Crippen LogP contribution in [0.5, 0.6) is 0 Å². The average molecular weight is 537 g/mol. The molecule has 1 aliphatic heterocycles. The Labute approximate surface area is 242 Å². The number of aromatic nitrogens is 3. The Balaban J connectivity index is 1.40. The third-order valence-electron chi connectivity index (χ3n) is 8.39. The Morgan fingerprint density at radius 3 is 2.21 bits per heavy atom. The third kappa shape index (κ3) is 3.29. The summed E-state index contributed by atoms with van der Waals surface area (Å²) in [6.45, 7) is 0. The van der Waals surface area contributed by atoms with Crippen molar-refractivity contribution in [2.24, 2.45) is 0 Å². The van der Waals surface area contributed by atoms with Crippen LogP contribution in [0.25, 0.3) is 60.6 Å². The molecule has 5 aromatic carbocycles. The lowest BCUT2D eigenvalue weighted by molar-refractivity contribution is 1.16. The molecule has 0 amide bonds. The molecule has 0 fully saturated rings. The van der Waals surface area contributed by atoms with Gasteiger partial charge in [-0.3, -0.25) is 9.88 Å². The summed E-state index contributed by atoms with van der Waals surface area (Å²) in [5, 5.41) is 4.93. The highest BCUT2D eigenvalue weighted by atomic mass is 15.2. The van der Waals surface area contributed by atoms with Crippen LogP contribution < -0.4 is 4.90 Å². The first-order valence-corrected chi connectivity index (χ1v) is 14.2. The number of para-hydroxylation sites is 2. The maximum absolute atomic E-state index is 4.94. The molecule has 3 aromatic heterocycles. The zero-order valence-electron chi connectivity index (χ0n) is 22.6. The number of pyridine rings is 2. The van der Waals surface area contributed by atoms with Gasteiger partial charge in [0, 0.05) is 45.4 Å². The average Bonchev–Trinajstić information content (AvgIpc) is 3.38. The van der Waals surface area contributed by atoms with Gasteiger partial charge in [0.25, 0.3) is 0 Å². The van der Waals surface area contributed by atoms with Crippen molar-refractivity contribution >= 4 is 49.8 Å². The molecule has 8 aromatic rings. The van der Waals surface area contributed by atoms with Gasteiger partial charge in [-0.15, -0.1) is 0 Å². The van der Waals surface area contributed by atoms with Crippen molar-refractivity contribution in [3.8, 4) is 28.1 Å². The minimum Gasteiger partial charge on any atom is -0.309 e. The molecule has 0 saturated carbocycles. The second-order valence-corrected chi connectivity index (χ2v) is 10.7. The number of fused-ring (bicyclic) bond motifs is 5. The van der Waals surface area contributed by atoms with Crippen LogP contribution in [0.2, 0.25) is 0 Å². The van der Waals surface area contributed by atoms with Gasteiger partial charge in [-0.05, 0) is 71.6 Å². The number of rotatable bonds is 3. The van der Waals surface area contributed by atoms with Crippen molar-refractivity contribution in [2.45, 2.75) is 0 Å². The minimum absolute atomic E-state index is 0.864. The SMILES string of the molecule is c1ccc(-n2c3ccccc3c3cc4c(cc32)N(c2cc(-c3ccccn3)ccn2)c2cccc3cccc-4c23)cc1. The van der Waals surface area contributed by atoms with Gasteiger partial charge in [0.05, 0.1) is 28.1 Å². The molecule has 0 N–H and O–H groups in total. The fourth-order valence-corrected chi connectivity index (χ4v) is 6.60. The molecule has 42 heavy (non-hydrogen) atoms. The largest absolute Gasteiger partial charge is 0.309 e. The summed E-state index contributed by atoms with van der Waals surface area (Å²) in [5.41, 5.74) is 10.1. The highest BCUT2D eigenvalue weighted by Crippen LogP contribution is 2.52. The summed E-state index contributed by atoms with van der Waals surface area (Å²) in [4.78, 5) is 11.9. The highest BCUT2D eigenvalue weighted by Gasteiger charge is 2.28. The van der Waals surface area contributed by atoms with E-state index in [-0.39, 0.29) is 0 Å². The van der Waals surface area contributed by atoms with Gasteiger partial charge in [0.1, 0.15) is 5.82 Å². The number of anilines is 3. The molecule has 0 unspecified atom stereocenters. The zero-order chi connectivity index (χ0) is 27.6.